The number of ether oxygens (including phenoxy) is 2. The predicted octanol–water partition coefficient (Wildman–Crippen LogP) is 5.35. The van der Waals surface area contributed by atoms with Crippen LogP contribution < -0.4 is 14.8 Å². The molecule has 0 aliphatic heterocycles. The van der Waals surface area contributed by atoms with Gasteiger partial charge in [-0.3, -0.25) is 0 Å². The number of aromatic nitrogens is 4. The first kappa shape index (κ1) is 21.7. The molecule has 10 heteroatoms. The fourth-order valence-corrected chi connectivity index (χ4v) is 3.56. The van der Waals surface area contributed by atoms with Crippen LogP contribution in [0.5, 0.6) is 11.5 Å². The minimum absolute atomic E-state index is 0.332. The third kappa shape index (κ3) is 5.52. The maximum atomic E-state index is 6.08. The molecule has 0 fully saturated rings. The summed E-state index contributed by atoms with van der Waals surface area (Å²) in [6, 6.07) is 9.32. The lowest BCUT2D eigenvalue weighted by atomic mass is 10.2. The summed E-state index contributed by atoms with van der Waals surface area (Å²) in [5.41, 5.74) is 1.90. The van der Waals surface area contributed by atoms with E-state index >= 15 is 0 Å². The molecule has 0 aliphatic carbocycles. The summed E-state index contributed by atoms with van der Waals surface area (Å²) >= 11 is 15.6. The number of halogens is 3. The van der Waals surface area contributed by atoms with Crippen LogP contribution in [0.3, 0.4) is 0 Å². The first-order valence-corrected chi connectivity index (χ1v) is 10.6. The van der Waals surface area contributed by atoms with Crippen LogP contribution in [0.1, 0.15) is 25.0 Å². The highest BCUT2D eigenvalue weighted by Crippen LogP contribution is 2.38. The van der Waals surface area contributed by atoms with Gasteiger partial charge in [0.2, 0.25) is 5.95 Å². The molecule has 0 bridgehead atoms. The third-order valence-corrected chi connectivity index (χ3v) is 5.35. The summed E-state index contributed by atoms with van der Waals surface area (Å²) < 4.78 is 14.3. The molecule has 1 heterocycles. The number of hydrogen-bond donors (Lipinski definition) is 1. The van der Waals surface area contributed by atoms with Gasteiger partial charge in [-0.1, -0.05) is 34.4 Å². The number of nitrogens with one attached hydrogen (secondary N) is 1. The summed E-state index contributed by atoms with van der Waals surface area (Å²) in [4.78, 5) is 0. The van der Waals surface area contributed by atoms with Crippen LogP contribution in [0.2, 0.25) is 10.0 Å². The normalized spacial score (nSPS) is 10.8. The molecular formula is C19H20BrCl2N5O2. The number of benzene rings is 2. The van der Waals surface area contributed by atoms with Gasteiger partial charge in [-0.2, -0.15) is 0 Å². The molecule has 7 nitrogen and oxygen atoms in total. The highest BCUT2D eigenvalue weighted by molar-refractivity contribution is 9.10. The molecule has 0 radical (unpaired) electrons. The molecular weight excluding hydrogens is 481 g/mol. The molecule has 0 atom stereocenters. The Balaban J connectivity index is 1.75. The van der Waals surface area contributed by atoms with Crippen molar-refractivity contribution in [2.45, 2.75) is 33.5 Å². The van der Waals surface area contributed by atoms with Gasteiger partial charge >= 0.3 is 0 Å². The van der Waals surface area contributed by atoms with Gasteiger partial charge in [0, 0.05) is 13.1 Å². The Labute approximate surface area is 187 Å². The van der Waals surface area contributed by atoms with Gasteiger partial charge in [0.25, 0.3) is 0 Å². The van der Waals surface area contributed by atoms with Gasteiger partial charge < -0.3 is 14.8 Å². The van der Waals surface area contributed by atoms with Gasteiger partial charge in [-0.25, -0.2) is 4.68 Å². The topological polar surface area (TPSA) is 74.1 Å². The fourth-order valence-electron chi connectivity index (χ4n) is 2.64. The minimum atomic E-state index is 0.332. The van der Waals surface area contributed by atoms with Crippen molar-refractivity contribution in [3.05, 3.63) is 56.0 Å². The van der Waals surface area contributed by atoms with Crippen LogP contribution in [0.4, 0.5) is 5.95 Å². The molecule has 0 unspecified atom stereocenters. The van der Waals surface area contributed by atoms with Gasteiger partial charge in [0.1, 0.15) is 6.61 Å². The Morgan fingerprint density at radius 1 is 1.07 bits per heavy atom. The number of tetrazole rings is 1. The summed E-state index contributed by atoms with van der Waals surface area (Å²) in [7, 11) is 0. The Hall–Kier alpha value is -2.03. The van der Waals surface area contributed by atoms with Crippen LogP contribution >= 0.6 is 39.1 Å². The van der Waals surface area contributed by atoms with Crippen molar-refractivity contribution in [2.75, 3.05) is 11.9 Å². The lowest BCUT2D eigenvalue weighted by molar-refractivity contribution is 0.267. The molecule has 3 rings (SSSR count). The van der Waals surface area contributed by atoms with Crippen LogP contribution in [-0.2, 0) is 19.7 Å². The van der Waals surface area contributed by atoms with Gasteiger partial charge in [0.15, 0.2) is 11.5 Å². The van der Waals surface area contributed by atoms with Crippen molar-refractivity contribution in [3.8, 4) is 11.5 Å². The second kappa shape index (κ2) is 10.1. The first-order valence-electron chi connectivity index (χ1n) is 9.03. The number of nitrogens with zero attached hydrogens (tertiary/aromatic N) is 4. The van der Waals surface area contributed by atoms with Crippen LogP contribution in [0.25, 0.3) is 0 Å². The molecule has 0 spiro atoms. The summed E-state index contributed by atoms with van der Waals surface area (Å²) in [6.07, 6.45) is 0. The van der Waals surface area contributed by atoms with E-state index in [1.165, 1.54) is 0 Å². The highest BCUT2D eigenvalue weighted by Gasteiger charge is 2.14. The van der Waals surface area contributed by atoms with E-state index < -0.39 is 0 Å². The lowest BCUT2D eigenvalue weighted by Gasteiger charge is -2.16. The largest absolute Gasteiger partial charge is 0.490 e. The Morgan fingerprint density at radius 3 is 2.62 bits per heavy atom. The molecule has 0 aliphatic rings. The van der Waals surface area contributed by atoms with Crippen molar-refractivity contribution in [1.82, 2.24) is 20.2 Å². The maximum absolute atomic E-state index is 6.08. The zero-order valence-corrected chi connectivity index (χ0v) is 19.1. The first-order chi connectivity index (χ1) is 14.0. The standard InChI is InChI=1S/C19H20BrCl2N5O2/c1-3-27-19(24-25-26-27)23-10-13-7-14(20)18(17(9-13)28-4-2)29-11-12-5-6-15(21)16(22)8-12/h5-9H,3-4,10-11H2,1-2H3,(H,23,24,26). The van der Waals surface area contributed by atoms with E-state index in [0.29, 0.717) is 53.8 Å². The molecule has 0 saturated heterocycles. The van der Waals surface area contributed by atoms with Crippen molar-refractivity contribution in [2.24, 2.45) is 0 Å². The van der Waals surface area contributed by atoms with E-state index in [9.17, 15) is 0 Å². The molecule has 2 aromatic carbocycles. The molecule has 1 aromatic heterocycles. The average Bonchev–Trinajstić information content (AvgIpc) is 3.16. The van der Waals surface area contributed by atoms with E-state index in [1.54, 1.807) is 16.8 Å². The molecule has 3 aromatic rings. The van der Waals surface area contributed by atoms with Crippen molar-refractivity contribution >= 4 is 45.1 Å². The average molecular weight is 501 g/mol. The summed E-state index contributed by atoms with van der Waals surface area (Å²) in [5.74, 6) is 1.88. The number of hydrogen-bond acceptors (Lipinski definition) is 6. The van der Waals surface area contributed by atoms with E-state index in [2.05, 4.69) is 36.8 Å². The summed E-state index contributed by atoms with van der Waals surface area (Å²) in [5, 5.41) is 15.8. The van der Waals surface area contributed by atoms with Crippen molar-refractivity contribution in [3.63, 3.8) is 0 Å². The maximum Gasteiger partial charge on any atom is 0.243 e. The smallest absolute Gasteiger partial charge is 0.243 e. The molecule has 1 N–H and O–H groups in total. The number of anilines is 1. The van der Waals surface area contributed by atoms with E-state index in [1.807, 2.05) is 32.0 Å². The van der Waals surface area contributed by atoms with E-state index in [0.717, 1.165) is 15.6 Å². The van der Waals surface area contributed by atoms with E-state index in [-0.39, 0.29) is 0 Å². The Bertz CT molecular complexity index is 983. The molecule has 154 valence electrons. The number of aryl methyl sites for hydroxylation is 1. The van der Waals surface area contributed by atoms with Gasteiger partial charge in [0.05, 0.1) is 21.1 Å². The Kier molecular flexibility index (Phi) is 7.57. The second-order valence-electron chi connectivity index (χ2n) is 6.05. The number of rotatable bonds is 9. The second-order valence-corrected chi connectivity index (χ2v) is 7.72. The van der Waals surface area contributed by atoms with Crippen LogP contribution in [0, 0.1) is 0 Å². The van der Waals surface area contributed by atoms with Gasteiger partial charge in [-0.15, -0.1) is 0 Å². The molecule has 29 heavy (non-hydrogen) atoms. The Morgan fingerprint density at radius 2 is 1.90 bits per heavy atom. The van der Waals surface area contributed by atoms with Crippen LogP contribution in [0.15, 0.2) is 34.8 Å². The third-order valence-electron chi connectivity index (χ3n) is 4.02. The van der Waals surface area contributed by atoms with Gasteiger partial charge in [-0.05, 0) is 75.6 Å². The van der Waals surface area contributed by atoms with Crippen LogP contribution in [-0.4, -0.2) is 26.8 Å². The monoisotopic (exact) mass is 499 g/mol. The van der Waals surface area contributed by atoms with E-state index in [4.69, 9.17) is 32.7 Å². The quantitative estimate of drug-likeness (QED) is 0.426. The summed E-state index contributed by atoms with van der Waals surface area (Å²) in [6.45, 7) is 5.97. The van der Waals surface area contributed by atoms with Crippen molar-refractivity contribution in [1.29, 1.82) is 0 Å². The SMILES string of the molecule is CCOc1cc(CNc2nnnn2CC)cc(Br)c1OCc1ccc(Cl)c(Cl)c1. The minimum Gasteiger partial charge on any atom is -0.490 e. The van der Waals surface area contributed by atoms with Crippen molar-refractivity contribution < 1.29 is 9.47 Å². The molecule has 0 amide bonds. The lowest BCUT2D eigenvalue weighted by Crippen LogP contribution is -2.08. The molecule has 0 saturated carbocycles. The zero-order chi connectivity index (χ0) is 20.8. The fraction of sp³-hybridized carbons (Fsp3) is 0.316. The highest BCUT2D eigenvalue weighted by atomic mass is 79.9. The zero-order valence-electron chi connectivity index (χ0n) is 16.0. The predicted molar refractivity (Wildman–Crippen MR) is 117 cm³/mol.